The summed E-state index contributed by atoms with van der Waals surface area (Å²) in [6.07, 6.45) is 0. The van der Waals surface area contributed by atoms with E-state index in [-0.39, 0.29) is 6.04 Å². The van der Waals surface area contributed by atoms with Crippen LogP contribution in [0, 0.1) is 0 Å². The van der Waals surface area contributed by atoms with Crippen LogP contribution in [0.4, 0.5) is 10.8 Å². The molecule has 102 valence electrons. The molecule has 19 heavy (non-hydrogen) atoms. The summed E-state index contributed by atoms with van der Waals surface area (Å²) in [5.74, 6) is 0. The van der Waals surface area contributed by atoms with E-state index in [1.807, 2.05) is 17.5 Å². The molecular weight excluding hydrogens is 301 g/mol. The van der Waals surface area contributed by atoms with E-state index in [1.165, 1.54) is 0 Å². The van der Waals surface area contributed by atoms with E-state index < -0.39 is 0 Å². The smallest absolute Gasteiger partial charge is 0.187 e. The minimum absolute atomic E-state index is 0.250. The fraction of sp³-hybridized carbons (Fsp3) is 0.308. The average molecular weight is 316 g/mol. The fourth-order valence-corrected chi connectivity index (χ4v) is 3.05. The molecular formula is C13H15Cl2N3S. The topological polar surface area (TPSA) is 37.0 Å². The van der Waals surface area contributed by atoms with Crippen molar-refractivity contribution < 1.29 is 0 Å². The number of benzene rings is 1. The third-order valence-corrected chi connectivity index (χ3v) is 3.80. The molecule has 2 rings (SSSR count). The normalized spacial score (nSPS) is 12.4. The summed E-state index contributed by atoms with van der Waals surface area (Å²) < 4.78 is 0. The highest BCUT2D eigenvalue weighted by Gasteiger charge is 2.09. The lowest BCUT2D eigenvalue weighted by molar-refractivity contribution is 0.587. The first-order valence-corrected chi connectivity index (χ1v) is 7.64. The van der Waals surface area contributed by atoms with Gasteiger partial charge in [0, 0.05) is 27.2 Å². The number of hydrogen-bond donors (Lipinski definition) is 2. The number of nitrogens with one attached hydrogen (secondary N) is 2. The summed E-state index contributed by atoms with van der Waals surface area (Å²) in [6.45, 7) is 5.10. The monoisotopic (exact) mass is 315 g/mol. The molecule has 0 aliphatic carbocycles. The van der Waals surface area contributed by atoms with Crippen molar-refractivity contribution in [1.29, 1.82) is 0 Å². The molecule has 2 aromatic rings. The molecule has 0 radical (unpaired) electrons. The Bertz CT molecular complexity index is 536. The van der Waals surface area contributed by atoms with Crippen LogP contribution in [0.15, 0.2) is 23.6 Å². The highest BCUT2D eigenvalue weighted by molar-refractivity contribution is 7.13. The lowest BCUT2D eigenvalue weighted by Crippen LogP contribution is -2.17. The van der Waals surface area contributed by atoms with Crippen molar-refractivity contribution in [3.8, 4) is 0 Å². The molecule has 0 saturated heterocycles. The lowest BCUT2D eigenvalue weighted by Gasteiger charge is -2.08. The molecule has 1 heterocycles. The van der Waals surface area contributed by atoms with Gasteiger partial charge in [-0.05, 0) is 31.7 Å². The molecule has 1 atom stereocenters. The van der Waals surface area contributed by atoms with Crippen LogP contribution >= 0.6 is 34.5 Å². The Morgan fingerprint density at radius 3 is 2.58 bits per heavy atom. The minimum Gasteiger partial charge on any atom is -0.331 e. The second kappa shape index (κ2) is 6.57. The summed E-state index contributed by atoms with van der Waals surface area (Å²) in [5.41, 5.74) is 1.87. The number of anilines is 2. The van der Waals surface area contributed by atoms with Crippen molar-refractivity contribution in [2.24, 2.45) is 0 Å². The second-order valence-corrected chi connectivity index (χ2v) is 5.87. The zero-order valence-corrected chi connectivity index (χ0v) is 13.0. The molecule has 1 aromatic carbocycles. The standard InChI is InChI=1S/C13H15Cl2N3S/c1-3-16-8(2)12-7-19-13(18-12)17-11-5-9(14)4-10(15)6-11/h4-8,16H,3H2,1-2H3,(H,17,18). The van der Waals surface area contributed by atoms with E-state index in [1.54, 1.807) is 17.4 Å². The van der Waals surface area contributed by atoms with Gasteiger partial charge >= 0.3 is 0 Å². The van der Waals surface area contributed by atoms with Crippen LogP contribution < -0.4 is 10.6 Å². The zero-order chi connectivity index (χ0) is 13.8. The molecule has 0 saturated carbocycles. The molecule has 0 aliphatic heterocycles. The summed E-state index contributed by atoms with van der Waals surface area (Å²) in [4.78, 5) is 4.54. The predicted molar refractivity (Wildman–Crippen MR) is 84.0 cm³/mol. The van der Waals surface area contributed by atoms with Gasteiger partial charge in [0.15, 0.2) is 5.13 Å². The van der Waals surface area contributed by atoms with Gasteiger partial charge in [-0.25, -0.2) is 4.98 Å². The van der Waals surface area contributed by atoms with Crippen molar-refractivity contribution in [2.75, 3.05) is 11.9 Å². The van der Waals surface area contributed by atoms with Crippen molar-refractivity contribution in [3.05, 3.63) is 39.3 Å². The van der Waals surface area contributed by atoms with Gasteiger partial charge in [0.1, 0.15) is 0 Å². The Kier molecular flexibility index (Phi) is 5.05. The quantitative estimate of drug-likeness (QED) is 0.827. The number of halogens is 2. The maximum absolute atomic E-state index is 5.96. The first-order chi connectivity index (χ1) is 9.08. The van der Waals surface area contributed by atoms with Gasteiger partial charge in [0.05, 0.1) is 5.69 Å². The second-order valence-electron chi connectivity index (χ2n) is 4.14. The first-order valence-electron chi connectivity index (χ1n) is 6.00. The third-order valence-electron chi connectivity index (χ3n) is 2.59. The highest BCUT2D eigenvalue weighted by Crippen LogP contribution is 2.27. The molecule has 0 bridgehead atoms. The Morgan fingerprint density at radius 1 is 1.26 bits per heavy atom. The Balaban J connectivity index is 2.11. The van der Waals surface area contributed by atoms with Crippen molar-refractivity contribution in [2.45, 2.75) is 19.9 Å². The largest absolute Gasteiger partial charge is 0.331 e. The molecule has 0 spiro atoms. The van der Waals surface area contributed by atoms with Crippen LogP contribution in [0.1, 0.15) is 25.6 Å². The number of hydrogen-bond acceptors (Lipinski definition) is 4. The minimum atomic E-state index is 0.250. The van der Waals surface area contributed by atoms with Crippen molar-refractivity contribution >= 4 is 45.4 Å². The van der Waals surface area contributed by atoms with Gasteiger partial charge < -0.3 is 10.6 Å². The number of aromatic nitrogens is 1. The van der Waals surface area contributed by atoms with Gasteiger partial charge in [-0.2, -0.15) is 0 Å². The maximum atomic E-state index is 5.96. The van der Waals surface area contributed by atoms with Gasteiger partial charge in [-0.3, -0.25) is 0 Å². The number of thiazole rings is 1. The predicted octanol–water partition coefficient (Wildman–Crippen LogP) is 4.86. The van der Waals surface area contributed by atoms with Crippen LogP contribution in [-0.2, 0) is 0 Å². The molecule has 3 nitrogen and oxygen atoms in total. The van der Waals surface area contributed by atoms with Crippen LogP contribution in [-0.4, -0.2) is 11.5 Å². The highest BCUT2D eigenvalue weighted by atomic mass is 35.5. The molecule has 0 aliphatic rings. The summed E-state index contributed by atoms with van der Waals surface area (Å²) in [7, 11) is 0. The van der Waals surface area contributed by atoms with E-state index in [0.717, 1.165) is 23.1 Å². The van der Waals surface area contributed by atoms with Gasteiger partial charge in [0.25, 0.3) is 0 Å². The van der Waals surface area contributed by atoms with E-state index in [4.69, 9.17) is 23.2 Å². The van der Waals surface area contributed by atoms with Crippen LogP contribution in [0.25, 0.3) is 0 Å². The number of rotatable bonds is 5. The Morgan fingerprint density at radius 2 is 1.95 bits per heavy atom. The zero-order valence-electron chi connectivity index (χ0n) is 10.7. The maximum Gasteiger partial charge on any atom is 0.187 e. The number of nitrogens with zero attached hydrogens (tertiary/aromatic N) is 1. The SMILES string of the molecule is CCNC(C)c1csc(Nc2cc(Cl)cc(Cl)c2)n1. The van der Waals surface area contributed by atoms with Gasteiger partial charge in [-0.15, -0.1) is 11.3 Å². The molecule has 0 amide bonds. The summed E-state index contributed by atoms with van der Waals surface area (Å²) in [6, 6.07) is 5.60. The average Bonchev–Trinajstić information content (AvgIpc) is 2.76. The summed E-state index contributed by atoms with van der Waals surface area (Å²) >= 11 is 13.5. The van der Waals surface area contributed by atoms with E-state index in [2.05, 4.69) is 29.5 Å². The molecule has 2 N–H and O–H groups in total. The van der Waals surface area contributed by atoms with Crippen molar-refractivity contribution in [1.82, 2.24) is 10.3 Å². The third kappa shape index (κ3) is 4.08. The van der Waals surface area contributed by atoms with Crippen LogP contribution in [0.2, 0.25) is 10.0 Å². The van der Waals surface area contributed by atoms with Crippen molar-refractivity contribution in [3.63, 3.8) is 0 Å². The van der Waals surface area contributed by atoms with Crippen LogP contribution in [0.5, 0.6) is 0 Å². The molecule has 1 unspecified atom stereocenters. The van der Waals surface area contributed by atoms with E-state index in [9.17, 15) is 0 Å². The first kappa shape index (κ1) is 14.6. The Hall–Kier alpha value is -0.810. The Labute approximate surface area is 127 Å². The van der Waals surface area contributed by atoms with E-state index in [0.29, 0.717) is 10.0 Å². The molecule has 0 fully saturated rings. The van der Waals surface area contributed by atoms with E-state index >= 15 is 0 Å². The van der Waals surface area contributed by atoms with Crippen LogP contribution in [0.3, 0.4) is 0 Å². The lowest BCUT2D eigenvalue weighted by atomic mass is 10.2. The molecule has 1 aromatic heterocycles. The van der Waals surface area contributed by atoms with Gasteiger partial charge in [0.2, 0.25) is 0 Å². The molecule has 6 heteroatoms. The summed E-state index contributed by atoms with van der Waals surface area (Å²) in [5, 5.41) is 10.6. The fourth-order valence-electron chi connectivity index (χ4n) is 1.70. The van der Waals surface area contributed by atoms with Gasteiger partial charge in [-0.1, -0.05) is 30.1 Å².